The Balaban J connectivity index is 2.70. The summed E-state index contributed by atoms with van der Waals surface area (Å²) in [6.07, 6.45) is 2.86. The molecule has 0 aliphatic rings. The molecule has 1 aromatic rings. The predicted molar refractivity (Wildman–Crippen MR) is 56.2 cm³/mol. The third-order valence-corrected chi connectivity index (χ3v) is 2.47. The number of H-pyrrole nitrogens is 1. The Labute approximate surface area is 88.3 Å². The molecule has 0 amide bonds. The van der Waals surface area contributed by atoms with Crippen molar-refractivity contribution in [2.75, 3.05) is 0 Å². The number of Topliss-reactive ketones (excluding diaryl/α,β-unsaturated/α-hetero) is 1. The first-order chi connectivity index (χ1) is 7.04. The van der Waals surface area contributed by atoms with Crippen LogP contribution >= 0.6 is 0 Å². The lowest BCUT2D eigenvalue weighted by molar-refractivity contribution is 0.0691. The fourth-order valence-electron chi connectivity index (χ4n) is 1.26. The zero-order valence-corrected chi connectivity index (χ0v) is 8.91. The number of carboxylic acid groups (broad SMARTS) is 1. The van der Waals surface area contributed by atoms with E-state index in [2.05, 4.69) is 4.98 Å². The molecule has 1 rings (SSSR count). The number of carbonyl (C=O) groups is 2. The molecule has 0 fully saturated rings. The van der Waals surface area contributed by atoms with E-state index in [1.54, 1.807) is 0 Å². The second kappa shape index (κ2) is 4.77. The largest absolute Gasteiger partial charge is 0.477 e. The van der Waals surface area contributed by atoms with Crippen LogP contribution in [0.3, 0.4) is 0 Å². The van der Waals surface area contributed by atoms with Crippen LogP contribution in [-0.2, 0) is 0 Å². The van der Waals surface area contributed by atoms with E-state index in [-0.39, 0.29) is 11.5 Å². The van der Waals surface area contributed by atoms with Gasteiger partial charge in [0.2, 0.25) is 0 Å². The van der Waals surface area contributed by atoms with Gasteiger partial charge in [0.25, 0.3) is 0 Å². The SMILES string of the molecule is CCC(C)CC(=O)c1c[nH]c(C(=O)O)c1. The first-order valence-corrected chi connectivity index (χ1v) is 4.99. The van der Waals surface area contributed by atoms with Gasteiger partial charge in [-0.2, -0.15) is 0 Å². The maximum absolute atomic E-state index is 11.6. The van der Waals surface area contributed by atoms with E-state index in [1.807, 2.05) is 13.8 Å². The molecule has 4 nitrogen and oxygen atoms in total. The molecule has 0 spiro atoms. The normalized spacial score (nSPS) is 12.4. The van der Waals surface area contributed by atoms with Gasteiger partial charge in [-0.25, -0.2) is 4.79 Å². The third-order valence-electron chi connectivity index (χ3n) is 2.47. The quantitative estimate of drug-likeness (QED) is 0.731. The molecular formula is C11H15NO3. The molecule has 1 aromatic heterocycles. The fraction of sp³-hybridized carbons (Fsp3) is 0.455. The minimum absolute atomic E-state index is 0.00639. The van der Waals surface area contributed by atoms with Gasteiger partial charge in [0.05, 0.1) is 0 Å². The Hall–Kier alpha value is -1.58. The summed E-state index contributed by atoms with van der Waals surface area (Å²) in [5.41, 5.74) is 0.509. The first-order valence-electron chi connectivity index (χ1n) is 4.99. The number of aromatic carboxylic acids is 1. The van der Waals surface area contributed by atoms with Crippen molar-refractivity contribution in [2.45, 2.75) is 26.7 Å². The number of carbonyl (C=O) groups excluding carboxylic acids is 1. The number of aromatic nitrogens is 1. The molecule has 0 aliphatic heterocycles. The van der Waals surface area contributed by atoms with Crippen LogP contribution in [0.1, 0.15) is 47.5 Å². The second-order valence-electron chi connectivity index (χ2n) is 3.75. The average molecular weight is 209 g/mol. The standard InChI is InChI=1S/C11H15NO3/c1-3-7(2)4-10(13)8-5-9(11(14)15)12-6-8/h5-7,12H,3-4H2,1-2H3,(H,14,15). The van der Waals surface area contributed by atoms with Crippen molar-refractivity contribution in [3.8, 4) is 0 Å². The van der Waals surface area contributed by atoms with Gasteiger partial charge in [-0.05, 0) is 12.0 Å². The molecule has 1 heterocycles. The van der Waals surface area contributed by atoms with E-state index in [4.69, 9.17) is 5.11 Å². The maximum Gasteiger partial charge on any atom is 0.352 e. The van der Waals surface area contributed by atoms with Crippen molar-refractivity contribution in [1.82, 2.24) is 4.98 Å². The number of aromatic amines is 1. The number of ketones is 1. The zero-order chi connectivity index (χ0) is 11.4. The first kappa shape index (κ1) is 11.5. The summed E-state index contributed by atoms with van der Waals surface area (Å²) in [5, 5.41) is 8.67. The highest BCUT2D eigenvalue weighted by atomic mass is 16.4. The van der Waals surface area contributed by atoms with Crippen molar-refractivity contribution in [2.24, 2.45) is 5.92 Å². The van der Waals surface area contributed by atoms with Gasteiger partial charge in [0, 0.05) is 18.2 Å². The van der Waals surface area contributed by atoms with Gasteiger partial charge in [0.1, 0.15) is 5.69 Å². The molecule has 82 valence electrons. The van der Waals surface area contributed by atoms with Crippen molar-refractivity contribution < 1.29 is 14.7 Å². The molecule has 0 aromatic carbocycles. The van der Waals surface area contributed by atoms with Crippen molar-refractivity contribution >= 4 is 11.8 Å². The summed E-state index contributed by atoms with van der Waals surface area (Å²) in [5.74, 6) is -0.716. The zero-order valence-electron chi connectivity index (χ0n) is 8.91. The summed E-state index contributed by atoms with van der Waals surface area (Å²) >= 11 is 0. The van der Waals surface area contributed by atoms with Crippen molar-refractivity contribution in [1.29, 1.82) is 0 Å². The van der Waals surface area contributed by atoms with Crippen LogP contribution < -0.4 is 0 Å². The van der Waals surface area contributed by atoms with Crippen LogP contribution in [0.2, 0.25) is 0 Å². The summed E-state index contributed by atoms with van der Waals surface area (Å²) in [6.45, 7) is 4.03. The van der Waals surface area contributed by atoms with E-state index in [0.717, 1.165) is 6.42 Å². The highest BCUT2D eigenvalue weighted by Crippen LogP contribution is 2.13. The molecule has 1 unspecified atom stereocenters. The topological polar surface area (TPSA) is 70.2 Å². The minimum atomic E-state index is -1.04. The van der Waals surface area contributed by atoms with Crippen LogP contribution in [0, 0.1) is 5.92 Å². The fourth-order valence-corrected chi connectivity index (χ4v) is 1.26. The van der Waals surface area contributed by atoms with Crippen molar-refractivity contribution in [3.05, 3.63) is 23.5 Å². The van der Waals surface area contributed by atoms with Crippen molar-refractivity contribution in [3.63, 3.8) is 0 Å². The molecule has 0 saturated carbocycles. The van der Waals surface area contributed by atoms with E-state index >= 15 is 0 Å². The Bertz CT molecular complexity index is 368. The lowest BCUT2D eigenvalue weighted by Gasteiger charge is -2.04. The number of carboxylic acids is 1. The average Bonchev–Trinajstić information content (AvgIpc) is 2.66. The van der Waals surface area contributed by atoms with Crippen LogP contribution in [0.15, 0.2) is 12.3 Å². The van der Waals surface area contributed by atoms with Crippen LogP contribution in [0.5, 0.6) is 0 Å². The minimum Gasteiger partial charge on any atom is -0.477 e. The molecule has 0 radical (unpaired) electrons. The van der Waals surface area contributed by atoms with Gasteiger partial charge in [-0.3, -0.25) is 4.79 Å². The van der Waals surface area contributed by atoms with E-state index in [1.165, 1.54) is 12.3 Å². The van der Waals surface area contributed by atoms with Crippen LogP contribution in [-0.4, -0.2) is 21.8 Å². The molecule has 4 heteroatoms. The molecule has 0 aliphatic carbocycles. The summed E-state index contributed by atoms with van der Waals surface area (Å²) in [7, 11) is 0. The van der Waals surface area contributed by atoms with Gasteiger partial charge in [0.15, 0.2) is 5.78 Å². The van der Waals surface area contributed by atoms with Gasteiger partial charge < -0.3 is 10.1 Å². The smallest absolute Gasteiger partial charge is 0.352 e. The number of nitrogens with one attached hydrogen (secondary N) is 1. The maximum atomic E-state index is 11.6. The lowest BCUT2D eigenvalue weighted by Crippen LogP contribution is -2.04. The van der Waals surface area contributed by atoms with E-state index in [9.17, 15) is 9.59 Å². The van der Waals surface area contributed by atoms with Gasteiger partial charge in [-0.15, -0.1) is 0 Å². The molecular weight excluding hydrogens is 194 g/mol. The van der Waals surface area contributed by atoms with E-state index < -0.39 is 5.97 Å². The Morgan fingerprint density at radius 2 is 2.20 bits per heavy atom. The highest BCUT2D eigenvalue weighted by molar-refractivity contribution is 5.98. The van der Waals surface area contributed by atoms with Gasteiger partial charge >= 0.3 is 5.97 Å². The molecule has 2 N–H and O–H groups in total. The lowest BCUT2D eigenvalue weighted by atomic mass is 9.99. The second-order valence-corrected chi connectivity index (χ2v) is 3.75. The monoisotopic (exact) mass is 209 g/mol. The Morgan fingerprint density at radius 3 is 2.67 bits per heavy atom. The molecule has 0 saturated heterocycles. The Kier molecular flexibility index (Phi) is 3.66. The third kappa shape index (κ3) is 2.94. The number of hydrogen-bond donors (Lipinski definition) is 2. The number of hydrogen-bond acceptors (Lipinski definition) is 2. The Morgan fingerprint density at radius 1 is 1.53 bits per heavy atom. The van der Waals surface area contributed by atoms with Crippen LogP contribution in [0.4, 0.5) is 0 Å². The summed E-state index contributed by atoms with van der Waals surface area (Å²) in [4.78, 5) is 24.8. The molecule has 15 heavy (non-hydrogen) atoms. The molecule has 0 bridgehead atoms. The van der Waals surface area contributed by atoms with Gasteiger partial charge in [-0.1, -0.05) is 20.3 Å². The molecule has 1 atom stereocenters. The van der Waals surface area contributed by atoms with E-state index in [0.29, 0.717) is 17.9 Å². The summed E-state index contributed by atoms with van der Waals surface area (Å²) in [6, 6.07) is 1.38. The predicted octanol–water partition coefficient (Wildman–Crippen LogP) is 2.33. The summed E-state index contributed by atoms with van der Waals surface area (Å²) < 4.78 is 0. The van der Waals surface area contributed by atoms with Crippen LogP contribution in [0.25, 0.3) is 0 Å². The number of rotatable bonds is 5. The highest BCUT2D eigenvalue weighted by Gasteiger charge is 2.13.